The van der Waals surface area contributed by atoms with E-state index in [4.69, 9.17) is 0 Å². The van der Waals surface area contributed by atoms with Gasteiger partial charge in [-0.15, -0.1) is 0 Å². The van der Waals surface area contributed by atoms with Crippen LogP contribution in [0.1, 0.15) is 51.9 Å². The van der Waals surface area contributed by atoms with E-state index < -0.39 is 40.5 Å². The fourth-order valence-electron chi connectivity index (χ4n) is 6.12. The number of ketones is 3. The van der Waals surface area contributed by atoms with E-state index in [1.165, 1.54) is 5.57 Å². The van der Waals surface area contributed by atoms with Crippen LogP contribution in [0, 0.1) is 22.7 Å². The molecule has 5 atom stereocenters. The van der Waals surface area contributed by atoms with Gasteiger partial charge in [0.1, 0.15) is 0 Å². The van der Waals surface area contributed by atoms with E-state index in [2.05, 4.69) is 18.0 Å². The Kier molecular flexibility index (Phi) is 5.10. The van der Waals surface area contributed by atoms with Crippen LogP contribution in [-0.4, -0.2) is 35.3 Å². The Labute approximate surface area is 180 Å². The van der Waals surface area contributed by atoms with Gasteiger partial charge in [0.15, 0.2) is 23.4 Å². The van der Waals surface area contributed by atoms with Crippen molar-refractivity contribution >= 4 is 29.2 Å². The maximum absolute atomic E-state index is 12.9. The van der Waals surface area contributed by atoms with Crippen LogP contribution in [-0.2, 0) is 24.0 Å². The van der Waals surface area contributed by atoms with Gasteiger partial charge in [0.25, 0.3) is 0 Å². The van der Waals surface area contributed by atoms with Gasteiger partial charge in [-0.05, 0) is 55.4 Å². The summed E-state index contributed by atoms with van der Waals surface area (Å²) in [4.78, 5) is 60.9. The van der Waals surface area contributed by atoms with Crippen molar-refractivity contribution < 1.29 is 29.1 Å². The van der Waals surface area contributed by atoms with Crippen LogP contribution < -0.4 is 10.4 Å². The molecule has 0 aromatic heterocycles. The molecule has 0 aromatic carbocycles. The smallest absolute Gasteiger partial charge is 0.220 e. The third-order valence-corrected chi connectivity index (χ3v) is 7.96. The Balaban J connectivity index is 1.46. The molecule has 0 heterocycles. The van der Waals surface area contributed by atoms with Crippen molar-refractivity contribution in [3.8, 4) is 0 Å². The number of carboxylic acid groups (broad SMARTS) is 1. The molecule has 5 aliphatic carbocycles. The standard InChI is InChI=1S/C24H27NO6/c1-13-12-24-9-5-14(13)11-17(24)23(2,18(27)6-10-24)8-7-19(28)25-20-16(26)4-3-15(21(20)29)22(30)31/h3,6,10,14,17,20H,1,4-5,7-9,11-12H2,2H3,(H,25,28)(H,30,31)/p-1/t14?,17-,20?,23+,24-/m1/s1. The average Bonchev–Trinajstić information content (AvgIpc) is 2.72. The third kappa shape index (κ3) is 3.40. The number of allylic oxidation sites excluding steroid dienone is 4. The normalized spacial score (nSPS) is 36.8. The summed E-state index contributed by atoms with van der Waals surface area (Å²) in [5.74, 6) is -3.20. The summed E-state index contributed by atoms with van der Waals surface area (Å²) in [5, 5.41) is 13.4. The number of carbonyl (C=O) groups excluding carboxylic acids is 5. The van der Waals surface area contributed by atoms with Gasteiger partial charge in [0.05, 0.1) is 5.97 Å². The zero-order valence-electron chi connectivity index (χ0n) is 17.6. The lowest BCUT2D eigenvalue weighted by molar-refractivity contribution is -0.298. The van der Waals surface area contributed by atoms with Crippen molar-refractivity contribution in [3.63, 3.8) is 0 Å². The molecule has 2 bridgehead atoms. The van der Waals surface area contributed by atoms with Gasteiger partial charge < -0.3 is 15.2 Å². The summed E-state index contributed by atoms with van der Waals surface area (Å²) >= 11 is 0. The maximum Gasteiger partial charge on any atom is 0.220 e. The summed E-state index contributed by atoms with van der Waals surface area (Å²) in [5.41, 5.74) is -0.145. The number of fused-ring (bicyclic) bond motifs is 2. The highest BCUT2D eigenvalue weighted by molar-refractivity contribution is 6.27. The highest BCUT2D eigenvalue weighted by Gasteiger charge is 2.58. The first kappa shape index (κ1) is 21.4. The topological polar surface area (TPSA) is 120 Å². The summed E-state index contributed by atoms with van der Waals surface area (Å²) in [6, 6.07) is -1.51. The summed E-state index contributed by atoms with van der Waals surface area (Å²) < 4.78 is 0. The number of hydrogen-bond donors (Lipinski definition) is 1. The fourth-order valence-corrected chi connectivity index (χ4v) is 6.12. The van der Waals surface area contributed by atoms with Crippen molar-refractivity contribution in [3.05, 3.63) is 36.0 Å². The molecule has 1 N–H and O–H groups in total. The molecule has 7 heteroatoms. The van der Waals surface area contributed by atoms with E-state index in [-0.39, 0.29) is 30.0 Å². The first-order valence-electron chi connectivity index (χ1n) is 10.8. The van der Waals surface area contributed by atoms with E-state index in [0.29, 0.717) is 12.3 Å². The Hall–Kier alpha value is -2.83. The minimum atomic E-state index is -1.66. The molecule has 0 saturated heterocycles. The number of aliphatic carboxylic acids is 1. The second kappa shape index (κ2) is 7.39. The summed E-state index contributed by atoms with van der Waals surface area (Å²) in [6.45, 7) is 6.14. The van der Waals surface area contributed by atoms with E-state index in [9.17, 15) is 29.1 Å². The predicted molar refractivity (Wildman–Crippen MR) is 108 cm³/mol. The Morgan fingerprint density at radius 1 is 1.29 bits per heavy atom. The number of carbonyl (C=O) groups is 5. The Morgan fingerprint density at radius 2 is 2.03 bits per heavy atom. The van der Waals surface area contributed by atoms with Crippen LogP contribution in [0.25, 0.3) is 0 Å². The van der Waals surface area contributed by atoms with E-state index in [1.807, 2.05) is 6.92 Å². The van der Waals surface area contributed by atoms with Gasteiger partial charge in [-0.1, -0.05) is 31.2 Å². The fraction of sp³-hybridized carbons (Fsp3) is 0.542. The zero-order valence-corrected chi connectivity index (χ0v) is 17.6. The first-order chi connectivity index (χ1) is 14.6. The van der Waals surface area contributed by atoms with Gasteiger partial charge >= 0.3 is 0 Å². The summed E-state index contributed by atoms with van der Waals surface area (Å²) in [7, 11) is 0. The maximum atomic E-state index is 12.9. The molecule has 1 amide bonds. The quantitative estimate of drug-likeness (QED) is 0.399. The third-order valence-electron chi connectivity index (χ3n) is 7.96. The molecule has 0 aromatic rings. The molecule has 5 rings (SSSR count). The zero-order chi connectivity index (χ0) is 22.6. The van der Waals surface area contributed by atoms with Crippen LogP contribution in [0.5, 0.6) is 0 Å². The van der Waals surface area contributed by atoms with Gasteiger partial charge in [-0.25, -0.2) is 0 Å². The lowest BCUT2D eigenvalue weighted by Crippen LogP contribution is -2.54. The van der Waals surface area contributed by atoms with Crippen LogP contribution in [0.15, 0.2) is 36.0 Å². The van der Waals surface area contributed by atoms with E-state index in [0.717, 1.165) is 31.8 Å². The molecule has 31 heavy (non-hydrogen) atoms. The largest absolute Gasteiger partial charge is 0.545 e. The van der Waals surface area contributed by atoms with Crippen molar-refractivity contribution in [1.82, 2.24) is 5.32 Å². The summed E-state index contributed by atoms with van der Waals surface area (Å²) in [6.07, 6.45) is 8.57. The SMILES string of the molecule is C=C1C[C@@]23C=CC(=O)[C@@](C)(CCC(=O)NC4C(=O)CC=C(C(=O)[O-])C4=O)[C@H]2CC1CC3. The Morgan fingerprint density at radius 3 is 2.71 bits per heavy atom. The van der Waals surface area contributed by atoms with Crippen LogP contribution in [0.2, 0.25) is 0 Å². The average molecular weight is 424 g/mol. The molecule has 5 aliphatic rings. The minimum Gasteiger partial charge on any atom is -0.545 e. The molecule has 0 radical (unpaired) electrons. The van der Waals surface area contributed by atoms with Crippen molar-refractivity contribution in [2.45, 2.75) is 57.9 Å². The van der Waals surface area contributed by atoms with E-state index >= 15 is 0 Å². The first-order valence-corrected chi connectivity index (χ1v) is 10.8. The lowest BCUT2D eigenvalue weighted by atomic mass is 9.44. The van der Waals surface area contributed by atoms with E-state index in [1.54, 1.807) is 6.08 Å². The van der Waals surface area contributed by atoms with Crippen LogP contribution >= 0.6 is 0 Å². The lowest BCUT2D eigenvalue weighted by Gasteiger charge is -2.59. The second-order valence-electron chi connectivity index (χ2n) is 9.65. The number of rotatable bonds is 5. The van der Waals surface area contributed by atoms with Gasteiger partial charge in [0, 0.05) is 23.8 Å². The number of nitrogens with one attached hydrogen (secondary N) is 1. The molecule has 0 aliphatic heterocycles. The number of amides is 1. The number of hydrogen-bond acceptors (Lipinski definition) is 6. The number of carboxylic acids is 1. The number of Topliss-reactive ketones (excluding diaryl/α,β-unsaturated/α-hetero) is 2. The van der Waals surface area contributed by atoms with Crippen LogP contribution in [0.3, 0.4) is 0 Å². The van der Waals surface area contributed by atoms with Gasteiger partial charge in [0.2, 0.25) is 5.91 Å². The molecule has 164 valence electrons. The van der Waals surface area contributed by atoms with Crippen molar-refractivity contribution in [1.29, 1.82) is 0 Å². The second-order valence-corrected chi connectivity index (χ2v) is 9.65. The molecule has 3 fully saturated rings. The monoisotopic (exact) mass is 424 g/mol. The van der Waals surface area contributed by atoms with Crippen molar-refractivity contribution in [2.75, 3.05) is 0 Å². The molecule has 3 saturated carbocycles. The molecule has 1 spiro atoms. The predicted octanol–water partition coefficient (Wildman–Crippen LogP) is 0.977. The minimum absolute atomic E-state index is 0.000998. The van der Waals surface area contributed by atoms with Gasteiger partial charge in [-0.3, -0.25) is 19.2 Å². The molecular formula is C24H26NO6-. The van der Waals surface area contributed by atoms with Gasteiger partial charge in [-0.2, -0.15) is 0 Å². The highest BCUT2D eigenvalue weighted by Crippen LogP contribution is 2.64. The van der Waals surface area contributed by atoms with Crippen molar-refractivity contribution in [2.24, 2.45) is 22.7 Å². The molecule has 2 unspecified atom stereocenters. The molecule has 7 nitrogen and oxygen atoms in total. The van der Waals surface area contributed by atoms with Crippen LogP contribution in [0.4, 0.5) is 0 Å². The highest BCUT2D eigenvalue weighted by atomic mass is 16.4. The molecular weight excluding hydrogens is 398 g/mol. The Bertz CT molecular complexity index is 975.